The number of unbranched alkanes of at least 4 members (excludes halogenated alkanes) is 2. The van der Waals surface area contributed by atoms with Crippen LogP contribution in [0, 0.1) is 17.5 Å². The largest absolute Gasteiger partial charge is 0.871 e. The molecule has 0 atom stereocenters. The molecule has 0 saturated carbocycles. The minimum absolute atomic E-state index is 0.0462. The number of nitrogens with zero attached hydrogens (tertiary/aromatic N) is 2. The maximum Gasteiger partial charge on any atom is 0.123 e. The van der Waals surface area contributed by atoms with Crippen LogP contribution in [-0.2, 0) is 10.1 Å². The van der Waals surface area contributed by atoms with Gasteiger partial charge >= 0.3 is 0 Å². The number of quaternary nitrogens is 2. The van der Waals surface area contributed by atoms with Gasteiger partial charge in [0, 0.05) is 12.0 Å². The third-order valence-corrected chi connectivity index (χ3v) is 5.40. The monoisotopic (exact) mass is 574 g/mol. The van der Waals surface area contributed by atoms with E-state index >= 15 is 0 Å². The summed E-state index contributed by atoms with van der Waals surface area (Å²) in [7, 11) is 14.7. The zero-order valence-corrected chi connectivity index (χ0v) is 25.8. The fraction of sp³-hybridized carbons (Fsp3) is 0.438. The molecule has 3 aromatic rings. The van der Waals surface area contributed by atoms with Crippen molar-refractivity contribution in [3.8, 4) is 0 Å². The summed E-state index contributed by atoms with van der Waals surface area (Å²) in [6.07, 6.45) is 2.14. The van der Waals surface area contributed by atoms with Gasteiger partial charge in [-0.05, 0) is 65.9 Å². The summed E-state index contributed by atoms with van der Waals surface area (Å²) >= 11 is 0. The first-order valence-corrected chi connectivity index (χ1v) is 13.7. The van der Waals surface area contributed by atoms with Crippen LogP contribution in [0.15, 0.2) is 72.8 Å². The molecule has 3 rings (SSSR count). The highest BCUT2D eigenvalue weighted by Gasteiger charge is 2.36. The van der Waals surface area contributed by atoms with Crippen LogP contribution in [0.2, 0.25) is 0 Å². The molecule has 3 aromatic carbocycles. The van der Waals surface area contributed by atoms with Crippen LogP contribution < -0.4 is 10.0 Å². The molecule has 0 aliphatic rings. The van der Waals surface area contributed by atoms with Gasteiger partial charge < -0.3 is 23.7 Å². The molecule has 5 nitrogen and oxygen atoms in total. The molecule has 41 heavy (non-hydrogen) atoms. The lowest BCUT2D eigenvalue weighted by Gasteiger charge is -2.36. The summed E-state index contributed by atoms with van der Waals surface area (Å²) in [6, 6.07) is 18.1. The Morgan fingerprint density at radius 1 is 0.610 bits per heavy atom. The van der Waals surface area contributed by atoms with Gasteiger partial charge in [-0.2, -0.15) is 0 Å². The van der Waals surface area contributed by atoms with Crippen molar-refractivity contribution in [1.29, 1.82) is 0 Å². The van der Waals surface area contributed by atoms with Gasteiger partial charge in [0.15, 0.2) is 0 Å². The number of hydrogen-bond acceptors (Lipinski definition) is 3. The van der Waals surface area contributed by atoms with E-state index in [1.165, 1.54) is 36.4 Å². The number of benzene rings is 3. The highest BCUT2D eigenvalue weighted by molar-refractivity contribution is 6.28. The van der Waals surface area contributed by atoms with Crippen LogP contribution in [0.3, 0.4) is 0 Å². The van der Waals surface area contributed by atoms with Gasteiger partial charge in [-0.3, -0.25) is 0 Å². The molecular weight excluding hydrogens is 528 g/mol. The fourth-order valence-electron chi connectivity index (χ4n) is 4.04. The topological polar surface area (TPSA) is 55.3 Å². The number of hydrogen-bond donors (Lipinski definition) is 0. The second kappa shape index (κ2) is 16.7. The van der Waals surface area contributed by atoms with E-state index in [0.29, 0.717) is 42.4 Å². The standard InChI is InChI=1S/C24H22BF3O3.2C4H12N/c26-21-10-4-7-18(15-21)24(19-8-5-11-22(27)16-19,20-9-6-12-23(28)17-20)13-2-1-3-14-31-25(29)30;2*1-5(2,3)4/h4-12,15-17H,1-3,13-14H2;2*1-4H3/q-2;2*+1. The summed E-state index contributed by atoms with van der Waals surface area (Å²) < 4.78 is 49.2. The van der Waals surface area contributed by atoms with Crippen molar-refractivity contribution in [2.75, 3.05) is 63.0 Å². The predicted octanol–water partition coefficient (Wildman–Crippen LogP) is 4.37. The van der Waals surface area contributed by atoms with Crippen LogP contribution in [-0.4, -0.2) is 79.3 Å². The third kappa shape index (κ3) is 15.2. The van der Waals surface area contributed by atoms with Gasteiger partial charge in [0.05, 0.1) is 63.7 Å². The van der Waals surface area contributed by atoms with E-state index in [2.05, 4.69) is 61.0 Å². The van der Waals surface area contributed by atoms with E-state index in [9.17, 15) is 23.2 Å². The average molecular weight is 575 g/mol. The molecule has 0 aromatic heterocycles. The van der Waals surface area contributed by atoms with Gasteiger partial charge in [0.1, 0.15) is 17.5 Å². The van der Waals surface area contributed by atoms with E-state index in [0.717, 1.165) is 8.97 Å². The zero-order chi connectivity index (χ0) is 31.3. The molecular formula is C32H46BF3N2O3. The Bertz CT molecular complexity index is 1050. The molecule has 9 heteroatoms. The first kappa shape index (κ1) is 36.3. The second-order valence-corrected chi connectivity index (χ2v) is 12.8. The summed E-state index contributed by atoms with van der Waals surface area (Å²) in [5.41, 5.74) is 0.754. The first-order valence-electron chi connectivity index (χ1n) is 13.7. The fourth-order valence-corrected chi connectivity index (χ4v) is 4.04. The predicted molar refractivity (Wildman–Crippen MR) is 157 cm³/mol. The number of halogens is 3. The van der Waals surface area contributed by atoms with E-state index in [4.69, 9.17) is 0 Å². The van der Waals surface area contributed by atoms with Crippen molar-refractivity contribution in [3.63, 3.8) is 0 Å². The van der Waals surface area contributed by atoms with E-state index in [1.54, 1.807) is 36.4 Å². The maximum atomic E-state index is 14.2. The maximum absolute atomic E-state index is 14.2. The minimum Gasteiger partial charge on any atom is -0.871 e. The Labute approximate surface area is 245 Å². The second-order valence-electron chi connectivity index (χ2n) is 12.8. The Morgan fingerprint density at radius 3 is 1.24 bits per heavy atom. The van der Waals surface area contributed by atoms with Crippen molar-refractivity contribution in [2.24, 2.45) is 0 Å². The summed E-state index contributed by atoms with van der Waals surface area (Å²) in [6.45, 7) is 0.0462. The Hall–Kier alpha value is -2.69. The molecule has 0 bridgehead atoms. The third-order valence-electron chi connectivity index (χ3n) is 5.40. The molecule has 0 N–H and O–H groups in total. The molecule has 0 aliphatic carbocycles. The first-order chi connectivity index (χ1) is 18.9. The van der Waals surface area contributed by atoms with E-state index in [1.807, 2.05) is 0 Å². The molecule has 0 saturated heterocycles. The quantitative estimate of drug-likeness (QED) is 0.157. The van der Waals surface area contributed by atoms with Crippen LogP contribution in [0.4, 0.5) is 13.2 Å². The van der Waals surface area contributed by atoms with Gasteiger partial charge in [0.25, 0.3) is 0 Å². The molecule has 0 spiro atoms. The smallest absolute Gasteiger partial charge is 0.123 e. The lowest BCUT2D eigenvalue weighted by molar-refractivity contribution is -0.849. The molecule has 0 heterocycles. The molecule has 0 radical (unpaired) electrons. The average Bonchev–Trinajstić information content (AvgIpc) is 2.81. The van der Waals surface area contributed by atoms with Crippen molar-refractivity contribution < 1.29 is 36.8 Å². The van der Waals surface area contributed by atoms with E-state index < -0.39 is 30.2 Å². The highest BCUT2D eigenvalue weighted by Crippen LogP contribution is 2.44. The molecule has 0 aliphatic heterocycles. The van der Waals surface area contributed by atoms with Crippen LogP contribution in [0.5, 0.6) is 0 Å². The van der Waals surface area contributed by atoms with Crippen LogP contribution in [0.1, 0.15) is 42.4 Å². The van der Waals surface area contributed by atoms with Crippen molar-refractivity contribution >= 4 is 7.32 Å². The number of rotatable bonds is 10. The lowest BCUT2D eigenvalue weighted by Crippen LogP contribution is -2.47. The SMILES string of the molecule is C[N+](C)(C)C.C[N+](C)(C)C.[O-]B([O-])OCCCCCC(c1cccc(F)c1)(c1cccc(F)c1)c1cccc(F)c1. The molecule has 0 amide bonds. The van der Waals surface area contributed by atoms with Crippen LogP contribution in [0.25, 0.3) is 0 Å². The Morgan fingerprint density at radius 2 is 0.951 bits per heavy atom. The Balaban J connectivity index is 0.000000722. The van der Waals surface area contributed by atoms with Crippen molar-refractivity contribution in [2.45, 2.75) is 31.1 Å². The summed E-state index contributed by atoms with van der Waals surface area (Å²) in [5.74, 6) is -1.33. The van der Waals surface area contributed by atoms with Crippen molar-refractivity contribution in [3.05, 3.63) is 107 Å². The van der Waals surface area contributed by atoms with E-state index in [-0.39, 0.29) is 6.61 Å². The zero-order valence-electron chi connectivity index (χ0n) is 25.8. The lowest BCUT2D eigenvalue weighted by atomic mass is 9.66. The van der Waals surface area contributed by atoms with Crippen molar-refractivity contribution in [1.82, 2.24) is 0 Å². The summed E-state index contributed by atoms with van der Waals surface area (Å²) in [4.78, 5) is 0. The van der Waals surface area contributed by atoms with Gasteiger partial charge in [-0.25, -0.2) is 13.2 Å². The summed E-state index contributed by atoms with van der Waals surface area (Å²) in [5, 5.41) is 21.0. The molecule has 0 unspecified atom stereocenters. The Kier molecular flexibility index (Phi) is 14.8. The highest BCUT2D eigenvalue weighted by atomic mass is 19.1. The molecule has 0 fully saturated rings. The van der Waals surface area contributed by atoms with Gasteiger partial charge in [-0.15, -0.1) is 0 Å². The normalized spacial score (nSPS) is 11.6. The van der Waals surface area contributed by atoms with Crippen LogP contribution >= 0.6 is 0 Å². The van der Waals surface area contributed by atoms with Gasteiger partial charge in [0.2, 0.25) is 0 Å². The minimum atomic E-state index is -2.31. The van der Waals surface area contributed by atoms with Gasteiger partial charge in [-0.1, -0.05) is 49.2 Å². The molecule has 226 valence electrons.